The van der Waals surface area contributed by atoms with Crippen molar-refractivity contribution in [1.29, 1.82) is 5.41 Å². The number of aromatic nitrogens is 1. The molecule has 0 amide bonds. The van der Waals surface area contributed by atoms with Gasteiger partial charge >= 0.3 is 11.9 Å². The summed E-state index contributed by atoms with van der Waals surface area (Å²) in [7, 11) is 1.37. The number of hydrogen-bond donors (Lipinski definition) is 2. The second kappa shape index (κ2) is 9.36. The van der Waals surface area contributed by atoms with Crippen LogP contribution in [0.25, 0.3) is 10.2 Å². The number of carbonyl (C=O) groups is 2. The fourth-order valence-electron chi connectivity index (χ4n) is 2.76. The number of fused-ring (bicyclic) bond motifs is 1. The highest BCUT2D eigenvalue weighted by molar-refractivity contribution is 7.22. The van der Waals surface area contributed by atoms with Gasteiger partial charge < -0.3 is 20.1 Å². The Balaban J connectivity index is 1.75. The predicted molar refractivity (Wildman–Crippen MR) is 117 cm³/mol. The fraction of sp³-hybridized carbons (Fsp3) is 0.238. The molecule has 3 aromatic rings. The van der Waals surface area contributed by atoms with Gasteiger partial charge in [-0.2, -0.15) is 0 Å². The number of esters is 2. The molecule has 3 rings (SSSR count). The van der Waals surface area contributed by atoms with Crippen LogP contribution in [0.4, 0.5) is 5.13 Å². The summed E-state index contributed by atoms with van der Waals surface area (Å²) in [6.45, 7) is 3.19. The first kappa shape index (κ1) is 21.3. The molecule has 0 fully saturated rings. The number of benzene rings is 2. The number of methoxy groups -OCH3 is 1. The molecule has 0 spiro atoms. The summed E-state index contributed by atoms with van der Waals surface area (Å²) in [6, 6.07) is 11.6. The van der Waals surface area contributed by atoms with Crippen molar-refractivity contribution in [3.8, 4) is 5.75 Å². The molecule has 30 heavy (non-hydrogen) atoms. The van der Waals surface area contributed by atoms with Crippen molar-refractivity contribution in [3.63, 3.8) is 0 Å². The summed E-state index contributed by atoms with van der Waals surface area (Å²) >= 11 is 1.45. The van der Waals surface area contributed by atoms with Crippen molar-refractivity contribution in [2.75, 3.05) is 25.1 Å². The Kier molecular flexibility index (Phi) is 6.63. The fourth-order valence-corrected chi connectivity index (χ4v) is 3.85. The summed E-state index contributed by atoms with van der Waals surface area (Å²) < 4.78 is 11.0. The second-order valence-corrected chi connectivity index (χ2v) is 7.42. The van der Waals surface area contributed by atoms with E-state index in [1.165, 1.54) is 18.4 Å². The average Bonchev–Trinajstić information content (AvgIpc) is 3.17. The van der Waals surface area contributed by atoms with Crippen molar-refractivity contribution in [1.82, 2.24) is 4.98 Å². The van der Waals surface area contributed by atoms with Gasteiger partial charge in [-0.3, -0.25) is 10.2 Å². The topological polar surface area (TPSA) is 119 Å². The van der Waals surface area contributed by atoms with Gasteiger partial charge in [0.15, 0.2) is 5.13 Å². The number of carbonyl (C=O) groups excluding carboxylic acids is 2. The highest BCUT2D eigenvalue weighted by Gasteiger charge is 2.15. The van der Waals surface area contributed by atoms with Crippen molar-refractivity contribution < 1.29 is 19.1 Å². The minimum atomic E-state index is -0.486. The highest BCUT2D eigenvalue weighted by atomic mass is 32.1. The third-order valence-electron chi connectivity index (χ3n) is 4.45. The normalized spacial score (nSPS) is 10.6. The Morgan fingerprint density at radius 1 is 1.17 bits per heavy atom. The molecule has 2 aromatic carbocycles. The lowest BCUT2D eigenvalue weighted by Gasteiger charge is -2.18. The highest BCUT2D eigenvalue weighted by Crippen LogP contribution is 2.30. The molecular formula is C21H22N4O4S. The molecule has 1 heterocycles. The molecule has 0 radical (unpaired) electrons. The maximum absolute atomic E-state index is 12.5. The standard InChI is InChI=1S/C21H22N4O4S/c1-3-25(11-10-18(26)28-2)21-24-16-9-6-14(12-17(16)30-21)20(27)29-15-7-4-13(5-8-15)19(22)23/h4-9,12H,3,10-11H2,1-2H3,(H3,22,23). The van der Waals surface area contributed by atoms with Crippen LogP contribution in [0, 0.1) is 5.41 Å². The summed E-state index contributed by atoms with van der Waals surface area (Å²) in [5, 5.41) is 8.18. The minimum absolute atomic E-state index is 0.0490. The maximum Gasteiger partial charge on any atom is 0.343 e. The summed E-state index contributed by atoms with van der Waals surface area (Å²) in [5.74, 6) is -0.432. The van der Waals surface area contributed by atoms with Crippen LogP contribution in [0.5, 0.6) is 5.75 Å². The van der Waals surface area contributed by atoms with Gasteiger partial charge in [-0.05, 0) is 49.4 Å². The number of nitrogens with zero attached hydrogens (tertiary/aromatic N) is 2. The van der Waals surface area contributed by atoms with Gasteiger partial charge in [0, 0.05) is 18.7 Å². The Morgan fingerprint density at radius 2 is 1.87 bits per heavy atom. The molecule has 9 heteroatoms. The maximum atomic E-state index is 12.5. The molecule has 0 unspecified atom stereocenters. The molecule has 0 bridgehead atoms. The van der Waals surface area contributed by atoms with Gasteiger partial charge in [0.05, 0.1) is 29.3 Å². The van der Waals surface area contributed by atoms with Gasteiger partial charge in [0.2, 0.25) is 0 Å². The monoisotopic (exact) mass is 426 g/mol. The Labute approximate surface area is 177 Å². The van der Waals surface area contributed by atoms with E-state index in [1.54, 1.807) is 42.5 Å². The second-order valence-electron chi connectivity index (χ2n) is 6.41. The van der Waals surface area contributed by atoms with E-state index in [-0.39, 0.29) is 18.2 Å². The van der Waals surface area contributed by atoms with E-state index >= 15 is 0 Å². The number of nitrogen functional groups attached to an aromatic ring is 1. The number of rotatable bonds is 8. The first-order valence-corrected chi connectivity index (χ1v) is 10.1. The summed E-state index contributed by atoms with van der Waals surface area (Å²) in [4.78, 5) is 30.5. The van der Waals surface area contributed by atoms with Crippen molar-refractivity contribution in [2.45, 2.75) is 13.3 Å². The van der Waals surface area contributed by atoms with Crippen LogP contribution in [0.2, 0.25) is 0 Å². The number of nitrogens with one attached hydrogen (secondary N) is 1. The molecule has 0 atom stereocenters. The molecule has 1 aromatic heterocycles. The van der Waals surface area contributed by atoms with E-state index in [1.807, 2.05) is 11.8 Å². The van der Waals surface area contributed by atoms with Crippen LogP contribution in [-0.4, -0.2) is 43.0 Å². The third kappa shape index (κ3) is 4.93. The van der Waals surface area contributed by atoms with E-state index in [0.29, 0.717) is 30.0 Å². The van der Waals surface area contributed by atoms with E-state index < -0.39 is 5.97 Å². The van der Waals surface area contributed by atoms with Gasteiger partial charge in [-0.15, -0.1) is 0 Å². The lowest BCUT2D eigenvalue weighted by Crippen LogP contribution is -2.25. The summed E-state index contributed by atoms with van der Waals surface area (Å²) in [6.07, 6.45) is 0.278. The number of thiazole rings is 1. The number of ether oxygens (including phenoxy) is 2. The number of hydrogen-bond acceptors (Lipinski definition) is 8. The Hall–Kier alpha value is -3.46. The van der Waals surface area contributed by atoms with E-state index in [9.17, 15) is 9.59 Å². The van der Waals surface area contributed by atoms with Crippen LogP contribution in [0.3, 0.4) is 0 Å². The Morgan fingerprint density at radius 3 is 2.50 bits per heavy atom. The van der Waals surface area contributed by atoms with Crippen molar-refractivity contribution in [2.24, 2.45) is 5.73 Å². The molecule has 0 aliphatic carbocycles. The van der Waals surface area contributed by atoms with Gasteiger partial charge in [0.1, 0.15) is 11.6 Å². The lowest BCUT2D eigenvalue weighted by molar-refractivity contribution is -0.140. The van der Waals surface area contributed by atoms with E-state index in [0.717, 1.165) is 15.3 Å². The van der Waals surface area contributed by atoms with E-state index in [2.05, 4.69) is 4.98 Å². The molecule has 0 saturated carbocycles. The number of anilines is 1. The number of nitrogens with two attached hydrogens (primary N) is 1. The smallest absolute Gasteiger partial charge is 0.343 e. The molecule has 0 saturated heterocycles. The largest absolute Gasteiger partial charge is 0.469 e. The van der Waals surface area contributed by atoms with Crippen LogP contribution in [0.1, 0.15) is 29.3 Å². The SMILES string of the molecule is CCN(CCC(=O)OC)c1nc2ccc(C(=O)Oc3ccc(C(=N)N)cc3)cc2s1. The van der Waals surface area contributed by atoms with Crippen molar-refractivity contribution >= 4 is 44.5 Å². The molecule has 0 aliphatic heterocycles. The molecule has 3 N–H and O–H groups in total. The van der Waals surface area contributed by atoms with Crippen LogP contribution in [-0.2, 0) is 9.53 Å². The van der Waals surface area contributed by atoms with Gasteiger partial charge in [0.25, 0.3) is 0 Å². The predicted octanol–water partition coefficient (Wildman–Crippen LogP) is 3.19. The average molecular weight is 426 g/mol. The van der Waals surface area contributed by atoms with Gasteiger partial charge in [-0.1, -0.05) is 11.3 Å². The first-order valence-electron chi connectivity index (χ1n) is 9.30. The minimum Gasteiger partial charge on any atom is -0.469 e. The van der Waals surface area contributed by atoms with Gasteiger partial charge in [-0.25, -0.2) is 9.78 Å². The Bertz CT molecular complexity index is 1080. The lowest BCUT2D eigenvalue weighted by atomic mass is 10.2. The zero-order valence-corrected chi connectivity index (χ0v) is 17.5. The zero-order chi connectivity index (χ0) is 21.7. The molecule has 8 nitrogen and oxygen atoms in total. The third-order valence-corrected chi connectivity index (χ3v) is 5.53. The van der Waals surface area contributed by atoms with Crippen LogP contribution < -0.4 is 15.4 Å². The zero-order valence-electron chi connectivity index (χ0n) is 16.7. The molecule has 0 aliphatic rings. The van der Waals surface area contributed by atoms with Crippen LogP contribution >= 0.6 is 11.3 Å². The van der Waals surface area contributed by atoms with Crippen LogP contribution in [0.15, 0.2) is 42.5 Å². The molecule has 156 valence electrons. The molecular weight excluding hydrogens is 404 g/mol. The van der Waals surface area contributed by atoms with Crippen molar-refractivity contribution in [3.05, 3.63) is 53.6 Å². The first-order chi connectivity index (χ1) is 14.4. The number of amidine groups is 1. The summed E-state index contributed by atoms with van der Waals surface area (Å²) in [5.41, 5.74) is 7.16. The van der Waals surface area contributed by atoms with E-state index in [4.69, 9.17) is 20.6 Å². The quantitative estimate of drug-likeness (QED) is 0.246.